The summed E-state index contributed by atoms with van der Waals surface area (Å²) in [6.45, 7) is 0. The molecule has 0 aliphatic carbocycles. The number of nitrogens with one attached hydrogen (secondary N) is 2. The van der Waals surface area contributed by atoms with E-state index in [0.29, 0.717) is 34.2 Å². The molecule has 0 unspecified atom stereocenters. The average molecular weight is 437 g/mol. The molecule has 0 bridgehead atoms. The fourth-order valence-electron chi connectivity index (χ4n) is 2.54. The molecule has 2 heterocycles. The van der Waals surface area contributed by atoms with Crippen molar-refractivity contribution in [2.75, 3.05) is 10.6 Å². The smallest absolute Gasteiger partial charge is 0.257 e. The molecule has 0 saturated carbocycles. The summed E-state index contributed by atoms with van der Waals surface area (Å²) in [6, 6.07) is 17.9. The number of carbonyl (C=O) groups excluding carboxylic acids is 2. The number of amides is 2. The Kier molecular flexibility index (Phi) is 6.16. The van der Waals surface area contributed by atoms with Gasteiger partial charge in [0.2, 0.25) is 10.3 Å². The van der Waals surface area contributed by atoms with Gasteiger partial charge in [-0.25, -0.2) is 0 Å². The van der Waals surface area contributed by atoms with Crippen molar-refractivity contribution in [1.82, 2.24) is 20.4 Å². The van der Waals surface area contributed by atoms with E-state index in [1.807, 2.05) is 12.1 Å². The molecule has 30 heavy (non-hydrogen) atoms. The van der Waals surface area contributed by atoms with Crippen LogP contribution in [0.1, 0.15) is 30.7 Å². The molecule has 0 aliphatic rings. The van der Waals surface area contributed by atoms with Gasteiger partial charge in [0, 0.05) is 24.0 Å². The lowest BCUT2D eigenvalue weighted by Crippen LogP contribution is -2.11. The zero-order chi connectivity index (χ0) is 20.8. The van der Waals surface area contributed by atoms with Gasteiger partial charge in [-0.2, -0.15) is 0 Å². The van der Waals surface area contributed by atoms with E-state index in [9.17, 15) is 9.59 Å². The molecular formula is C20H16N6O2S2. The summed E-state index contributed by atoms with van der Waals surface area (Å²) >= 11 is 2.64. The normalized spacial score (nSPS) is 10.5. The van der Waals surface area contributed by atoms with Gasteiger partial charge in [-0.15, -0.1) is 20.4 Å². The Bertz CT molecular complexity index is 1050. The molecule has 0 radical (unpaired) electrons. The molecule has 0 aliphatic heterocycles. The number of rotatable bonds is 7. The third-order valence-electron chi connectivity index (χ3n) is 4.00. The maximum Gasteiger partial charge on any atom is 0.257 e. The predicted molar refractivity (Wildman–Crippen MR) is 116 cm³/mol. The maximum atomic E-state index is 12.2. The van der Waals surface area contributed by atoms with Crippen molar-refractivity contribution < 1.29 is 9.59 Å². The lowest BCUT2D eigenvalue weighted by atomic mass is 10.2. The highest BCUT2D eigenvalue weighted by Crippen LogP contribution is 2.21. The van der Waals surface area contributed by atoms with Crippen LogP contribution in [0.5, 0.6) is 0 Å². The molecule has 2 aromatic heterocycles. The molecule has 10 heteroatoms. The van der Waals surface area contributed by atoms with Gasteiger partial charge in [0.1, 0.15) is 10.0 Å². The minimum atomic E-state index is -0.221. The average Bonchev–Trinajstić information content (AvgIpc) is 3.42. The van der Waals surface area contributed by atoms with Crippen molar-refractivity contribution in [3.63, 3.8) is 0 Å². The van der Waals surface area contributed by atoms with Crippen LogP contribution in [-0.2, 0) is 12.8 Å². The Morgan fingerprint density at radius 1 is 0.633 bits per heavy atom. The summed E-state index contributed by atoms with van der Waals surface area (Å²) in [4.78, 5) is 24.3. The van der Waals surface area contributed by atoms with E-state index in [4.69, 9.17) is 0 Å². The quantitative estimate of drug-likeness (QED) is 0.457. The summed E-state index contributed by atoms with van der Waals surface area (Å²) < 4.78 is 0. The summed E-state index contributed by atoms with van der Waals surface area (Å²) in [7, 11) is 0. The number of benzene rings is 2. The van der Waals surface area contributed by atoms with Crippen LogP contribution < -0.4 is 10.6 Å². The second kappa shape index (κ2) is 9.33. The summed E-state index contributed by atoms with van der Waals surface area (Å²) in [6.07, 6.45) is 1.22. The highest BCUT2D eigenvalue weighted by Gasteiger charge is 2.13. The van der Waals surface area contributed by atoms with Crippen LogP contribution in [0.3, 0.4) is 0 Å². The fourth-order valence-corrected chi connectivity index (χ4v) is 4.01. The molecule has 8 nitrogen and oxygen atoms in total. The zero-order valence-corrected chi connectivity index (χ0v) is 17.2. The van der Waals surface area contributed by atoms with E-state index < -0.39 is 0 Å². The van der Waals surface area contributed by atoms with E-state index in [1.54, 1.807) is 48.5 Å². The molecule has 2 aromatic carbocycles. The van der Waals surface area contributed by atoms with Gasteiger partial charge in [-0.3, -0.25) is 20.2 Å². The van der Waals surface area contributed by atoms with E-state index in [-0.39, 0.29) is 11.8 Å². The molecule has 0 atom stereocenters. The first-order valence-corrected chi connectivity index (χ1v) is 10.7. The first-order valence-electron chi connectivity index (χ1n) is 9.05. The Labute approximate surface area is 180 Å². The van der Waals surface area contributed by atoms with Gasteiger partial charge >= 0.3 is 0 Å². The van der Waals surface area contributed by atoms with Crippen molar-refractivity contribution in [3.8, 4) is 0 Å². The highest BCUT2D eigenvalue weighted by molar-refractivity contribution is 7.16. The van der Waals surface area contributed by atoms with Crippen molar-refractivity contribution in [2.24, 2.45) is 0 Å². The Morgan fingerprint density at radius 3 is 1.43 bits per heavy atom. The van der Waals surface area contributed by atoms with Gasteiger partial charge in [0.25, 0.3) is 11.8 Å². The van der Waals surface area contributed by atoms with Crippen LogP contribution >= 0.6 is 22.7 Å². The van der Waals surface area contributed by atoms with Crippen molar-refractivity contribution in [3.05, 3.63) is 81.8 Å². The number of hydrogen-bond donors (Lipinski definition) is 2. The Morgan fingerprint density at radius 2 is 1.03 bits per heavy atom. The highest BCUT2D eigenvalue weighted by atomic mass is 32.1. The zero-order valence-electron chi connectivity index (χ0n) is 15.6. The lowest BCUT2D eigenvalue weighted by molar-refractivity contribution is 0.101. The predicted octanol–water partition coefficient (Wildman–Crippen LogP) is 3.68. The van der Waals surface area contributed by atoms with E-state index in [0.717, 1.165) is 10.0 Å². The van der Waals surface area contributed by atoms with Crippen LogP contribution in [0.15, 0.2) is 60.7 Å². The third-order valence-corrected chi connectivity index (χ3v) is 5.80. The molecule has 2 N–H and O–H groups in total. The molecule has 0 spiro atoms. The van der Waals surface area contributed by atoms with Crippen LogP contribution in [0.25, 0.3) is 0 Å². The van der Waals surface area contributed by atoms with E-state index in [1.165, 1.54) is 22.7 Å². The van der Waals surface area contributed by atoms with E-state index >= 15 is 0 Å². The van der Waals surface area contributed by atoms with E-state index in [2.05, 4.69) is 31.0 Å². The molecule has 0 fully saturated rings. The number of carbonyl (C=O) groups is 2. The molecule has 150 valence electrons. The SMILES string of the molecule is O=C(Nc1nnc(CCc2nnc(NC(=O)c3ccccc3)s2)s1)c1ccccc1. The molecule has 2 amide bonds. The van der Waals surface area contributed by atoms with Crippen molar-refractivity contribution in [2.45, 2.75) is 12.8 Å². The maximum absolute atomic E-state index is 12.2. The number of nitrogens with zero attached hydrogens (tertiary/aromatic N) is 4. The van der Waals surface area contributed by atoms with Gasteiger partial charge in [0.15, 0.2) is 0 Å². The van der Waals surface area contributed by atoms with Gasteiger partial charge in [0.05, 0.1) is 0 Å². The molecule has 4 aromatic rings. The second-order valence-corrected chi connectivity index (χ2v) is 8.27. The van der Waals surface area contributed by atoms with Crippen LogP contribution in [0.4, 0.5) is 10.3 Å². The minimum Gasteiger partial charge on any atom is -0.296 e. The number of aromatic nitrogens is 4. The Balaban J connectivity index is 1.29. The van der Waals surface area contributed by atoms with Crippen LogP contribution in [0, 0.1) is 0 Å². The number of hydrogen-bond acceptors (Lipinski definition) is 8. The monoisotopic (exact) mass is 436 g/mol. The molecular weight excluding hydrogens is 420 g/mol. The largest absolute Gasteiger partial charge is 0.296 e. The summed E-state index contributed by atoms with van der Waals surface area (Å²) in [5.41, 5.74) is 1.13. The minimum absolute atomic E-state index is 0.221. The van der Waals surface area contributed by atoms with Crippen molar-refractivity contribution in [1.29, 1.82) is 0 Å². The molecule has 0 saturated heterocycles. The number of aryl methyl sites for hydroxylation is 2. The molecule has 4 rings (SSSR count). The third kappa shape index (κ3) is 5.10. The first-order chi connectivity index (χ1) is 14.7. The first kappa shape index (κ1) is 19.8. The summed E-state index contributed by atoms with van der Waals surface area (Å²) in [5, 5.41) is 24.2. The number of anilines is 2. The second-order valence-electron chi connectivity index (χ2n) is 6.14. The van der Waals surface area contributed by atoms with Gasteiger partial charge < -0.3 is 0 Å². The van der Waals surface area contributed by atoms with Crippen LogP contribution in [0.2, 0.25) is 0 Å². The lowest BCUT2D eigenvalue weighted by Gasteiger charge is -1.99. The van der Waals surface area contributed by atoms with Crippen LogP contribution in [-0.4, -0.2) is 32.2 Å². The fraction of sp³-hybridized carbons (Fsp3) is 0.100. The van der Waals surface area contributed by atoms with Gasteiger partial charge in [-0.1, -0.05) is 59.1 Å². The topological polar surface area (TPSA) is 110 Å². The Hall–Kier alpha value is -3.50. The standard InChI is InChI=1S/C20H16N6O2S2/c27-17(13-7-3-1-4-8-13)21-19-25-23-15(29-19)11-12-16-24-26-20(30-16)22-18(28)14-9-5-2-6-10-14/h1-10H,11-12H2,(H,21,25,27)(H,22,26,28). The van der Waals surface area contributed by atoms with Gasteiger partial charge in [-0.05, 0) is 24.3 Å². The van der Waals surface area contributed by atoms with Crippen molar-refractivity contribution >= 4 is 44.8 Å². The summed E-state index contributed by atoms with van der Waals surface area (Å²) in [5.74, 6) is -0.442.